The Morgan fingerprint density at radius 2 is 2.17 bits per heavy atom. The van der Waals surface area contributed by atoms with Crippen LogP contribution in [-0.4, -0.2) is 30.6 Å². The second-order valence-electron chi connectivity index (χ2n) is 3.70. The van der Waals surface area contributed by atoms with Crippen molar-refractivity contribution in [2.75, 3.05) is 25.6 Å². The lowest BCUT2D eigenvalue weighted by atomic mass is 10.2. The number of halogens is 4. The van der Waals surface area contributed by atoms with Gasteiger partial charge in [-0.3, -0.25) is 0 Å². The third kappa shape index (κ3) is 5.10. The minimum absolute atomic E-state index is 0.128. The number of alkyl halides is 4. The summed E-state index contributed by atoms with van der Waals surface area (Å²) in [5.74, 6) is 0.393. The van der Waals surface area contributed by atoms with E-state index in [1.165, 1.54) is 6.07 Å². The van der Waals surface area contributed by atoms with Crippen LogP contribution in [-0.2, 0) is 10.9 Å². The summed E-state index contributed by atoms with van der Waals surface area (Å²) in [6.45, 7) is 0.958. The van der Waals surface area contributed by atoms with E-state index in [0.29, 0.717) is 25.4 Å². The second kappa shape index (κ2) is 6.80. The average Bonchev–Trinajstić information content (AvgIpc) is 2.29. The van der Waals surface area contributed by atoms with Crippen LogP contribution in [0.1, 0.15) is 12.0 Å². The minimum atomic E-state index is -4.36. The summed E-state index contributed by atoms with van der Waals surface area (Å²) in [6.07, 6.45) is -2.92. The van der Waals surface area contributed by atoms with Crippen LogP contribution in [0.5, 0.6) is 0 Å². The van der Waals surface area contributed by atoms with Crippen molar-refractivity contribution in [1.29, 1.82) is 0 Å². The molecule has 1 aromatic heterocycles. The van der Waals surface area contributed by atoms with E-state index in [4.69, 9.17) is 16.3 Å². The molecule has 0 radical (unpaired) electrons. The molecule has 1 aromatic rings. The van der Waals surface area contributed by atoms with Gasteiger partial charge in [0.05, 0.1) is 17.5 Å². The number of nitrogens with zero attached hydrogens (tertiary/aromatic N) is 1. The predicted molar refractivity (Wildman–Crippen MR) is 63.9 cm³/mol. The van der Waals surface area contributed by atoms with E-state index < -0.39 is 11.7 Å². The number of pyridine rings is 1. The van der Waals surface area contributed by atoms with Crippen LogP contribution in [0, 0.1) is 0 Å². The van der Waals surface area contributed by atoms with Crippen LogP contribution in [0.2, 0.25) is 0 Å². The lowest BCUT2D eigenvalue weighted by Crippen LogP contribution is -2.14. The number of nitrogens with one attached hydrogen (secondary N) is 1. The highest BCUT2D eigenvalue weighted by molar-refractivity contribution is 6.20. The van der Waals surface area contributed by atoms with Gasteiger partial charge < -0.3 is 10.1 Å². The molecule has 3 nitrogen and oxygen atoms in total. The van der Waals surface area contributed by atoms with Gasteiger partial charge in [-0.05, 0) is 18.6 Å². The summed E-state index contributed by atoms with van der Waals surface area (Å²) in [4.78, 5) is 3.68. The number of aromatic nitrogens is 1. The van der Waals surface area contributed by atoms with Crippen molar-refractivity contribution in [3.05, 3.63) is 23.9 Å². The van der Waals surface area contributed by atoms with Gasteiger partial charge in [0.2, 0.25) is 0 Å². The van der Waals surface area contributed by atoms with E-state index in [1.807, 2.05) is 0 Å². The molecule has 0 aliphatic carbocycles. The van der Waals surface area contributed by atoms with E-state index in [-0.39, 0.29) is 5.38 Å². The van der Waals surface area contributed by atoms with Crippen molar-refractivity contribution in [2.24, 2.45) is 0 Å². The van der Waals surface area contributed by atoms with Gasteiger partial charge in [-0.25, -0.2) is 4.98 Å². The molecule has 1 heterocycles. The largest absolute Gasteiger partial charge is 0.417 e. The summed E-state index contributed by atoms with van der Waals surface area (Å²) < 4.78 is 41.7. The molecule has 0 fully saturated rings. The van der Waals surface area contributed by atoms with Crippen LogP contribution >= 0.6 is 11.6 Å². The van der Waals surface area contributed by atoms with Gasteiger partial charge in [0, 0.05) is 19.9 Å². The van der Waals surface area contributed by atoms with Crippen LogP contribution < -0.4 is 5.32 Å². The molecular weight excluding hydrogens is 269 g/mol. The normalized spacial score (nSPS) is 13.4. The number of ether oxygens (including phenoxy) is 1. The van der Waals surface area contributed by atoms with E-state index >= 15 is 0 Å². The average molecular weight is 283 g/mol. The predicted octanol–water partition coefficient (Wildman–Crippen LogP) is 3.16. The number of anilines is 1. The van der Waals surface area contributed by atoms with Crippen molar-refractivity contribution in [3.63, 3.8) is 0 Å². The van der Waals surface area contributed by atoms with Crippen molar-refractivity contribution in [1.82, 2.24) is 4.98 Å². The molecule has 0 aromatic carbocycles. The molecule has 0 aliphatic rings. The molecule has 0 spiro atoms. The first kappa shape index (κ1) is 15.0. The first-order chi connectivity index (χ1) is 8.43. The van der Waals surface area contributed by atoms with Crippen molar-refractivity contribution < 1.29 is 17.9 Å². The van der Waals surface area contributed by atoms with E-state index in [0.717, 1.165) is 12.3 Å². The highest BCUT2D eigenvalue weighted by Crippen LogP contribution is 2.28. The van der Waals surface area contributed by atoms with Crippen LogP contribution in [0.3, 0.4) is 0 Å². The summed E-state index contributed by atoms with van der Waals surface area (Å²) in [7, 11) is 1.56. The monoisotopic (exact) mass is 282 g/mol. The fraction of sp³-hybridized carbons (Fsp3) is 0.545. The Morgan fingerprint density at radius 1 is 1.44 bits per heavy atom. The summed E-state index contributed by atoms with van der Waals surface area (Å²) in [6, 6.07) is 2.28. The molecule has 18 heavy (non-hydrogen) atoms. The van der Waals surface area contributed by atoms with Gasteiger partial charge in [0.15, 0.2) is 0 Å². The molecule has 1 N–H and O–H groups in total. The van der Waals surface area contributed by atoms with Gasteiger partial charge in [-0.15, -0.1) is 11.6 Å². The summed E-state index contributed by atoms with van der Waals surface area (Å²) in [5, 5.41) is 2.77. The second-order valence-corrected chi connectivity index (χ2v) is 4.32. The summed E-state index contributed by atoms with van der Waals surface area (Å²) >= 11 is 5.90. The van der Waals surface area contributed by atoms with Crippen LogP contribution in [0.25, 0.3) is 0 Å². The minimum Gasteiger partial charge on any atom is -0.383 e. The standard InChI is InChI=1S/C11H14ClF3N2O/c1-18-7-9(12)4-5-16-10-3-2-8(6-17-10)11(13,14)15/h2-3,6,9H,4-5,7H2,1H3,(H,16,17). The van der Waals surface area contributed by atoms with Gasteiger partial charge in [-0.1, -0.05) is 0 Å². The highest BCUT2D eigenvalue weighted by atomic mass is 35.5. The fourth-order valence-corrected chi connectivity index (χ4v) is 1.52. The van der Waals surface area contributed by atoms with Gasteiger partial charge >= 0.3 is 6.18 Å². The molecular formula is C11H14ClF3N2O. The maximum atomic E-state index is 12.3. The quantitative estimate of drug-likeness (QED) is 0.814. The maximum Gasteiger partial charge on any atom is 0.417 e. The van der Waals surface area contributed by atoms with Crippen LogP contribution in [0.4, 0.5) is 19.0 Å². The molecule has 1 rings (SSSR count). The van der Waals surface area contributed by atoms with Gasteiger partial charge in [0.25, 0.3) is 0 Å². The number of rotatable bonds is 6. The number of hydrogen-bond acceptors (Lipinski definition) is 3. The Labute approximate surface area is 108 Å². The molecule has 0 aliphatic heterocycles. The zero-order chi connectivity index (χ0) is 13.6. The van der Waals surface area contributed by atoms with Crippen molar-refractivity contribution in [3.8, 4) is 0 Å². The Morgan fingerprint density at radius 3 is 2.67 bits per heavy atom. The smallest absolute Gasteiger partial charge is 0.383 e. The molecule has 0 amide bonds. The first-order valence-electron chi connectivity index (χ1n) is 5.33. The van der Waals surface area contributed by atoms with Gasteiger partial charge in [0.1, 0.15) is 5.82 Å². The van der Waals surface area contributed by atoms with Crippen molar-refractivity contribution >= 4 is 17.4 Å². The van der Waals surface area contributed by atoms with Crippen LogP contribution in [0.15, 0.2) is 18.3 Å². The lowest BCUT2D eigenvalue weighted by molar-refractivity contribution is -0.137. The Balaban J connectivity index is 2.40. The van der Waals surface area contributed by atoms with E-state index in [9.17, 15) is 13.2 Å². The zero-order valence-corrected chi connectivity index (χ0v) is 10.6. The third-order valence-corrected chi connectivity index (χ3v) is 2.55. The molecule has 0 saturated carbocycles. The van der Waals surface area contributed by atoms with E-state index in [1.54, 1.807) is 7.11 Å². The molecule has 0 bridgehead atoms. The Hall–Kier alpha value is -1.01. The van der Waals surface area contributed by atoms with E-state index in [2.05, 4.69) is 10.3 Å². The molecule has 102 valence electrons. The van der Waals surface area contributed by atoms with Crippen molar-refractivity contribution in [2.45, 2.75) is 18.0 Å². The maximum absolute atomic E-state index is 12.3. The topological polar surface area (TPSA) is 34.1 Å². The Kier molecular flexibility index (Phi) is 5.68. The lowest BCUT2D eigenvalue weighted by Gasteiger charge is -2.10. The highest BCUT2D eigenvalue weighted by Gasteiger charge is 2.30. The molecule has 1 unspecified atom stereocenters. The summed E-state index contributed by atoms with van der Waals surface area (Å²) in [5.41, 5.74) is -0.761. The molecule has 1 atom stereocenters. The number of methoxy groups -OCH3 is 1. The molecule has 7 heteroatoms. The number of hydrogen-bond donors (Lipinski definition) is 1. The fourth-order valence-electron chi connectivity index (χ4n) is 1.29. The SMILES string of the molecule is COCC(Cl)CCNc1ccc(C(F)(F)F)cn1. The third-order valence-electron chi connectivity index (χ3n) is 2.20. The molecule has 0 saturated heterocycles. The zero-order valence-electron chi connectivity index (χ0n) is 9.80. The Bertz CT molecular complexity index is 356. The first-order valence-corrected chi connectivity index (χ1v) is 5.77. The van der Waals surface area contributed by atoms with Gasteiger partial charge in [-0.2, -0.15) is 13.2 Å².